The van der Waals surface area contributed by atoms with E-state index >= 15 is 0 Å². The first-order chi connectivity index (χ1) is 10.9. The van der Waals surface area contributed by atoms with E-state index in [1.165, 1.54) is 54.2 Å². The highest BCUT2D eigenvalue weighted by Gasteiger charge is 2.17. The minimum atomic E-state index is -0.849. The molecule has 0 aliphatic rings. The maximum absolute atomic E-state index is 12.9. The molecule has 0 saturated carbocycles. The molecule has 0 fully saturated rings. The van der Waals surface area contributed by atoms with Crippen LogP contribution < -0.4 is 16.2 Å². The highest BCUT2D eigenvalue weighted by molar-refractivity contribution is 6.39. The summed E-state index contributed by atoms with van der Waals surface area (Å²) in [6.45, 7) is 1.69. The molecule has 1 atom stereocenters. The first-order valence-corrected chi connectivity index (χ1v) is 6.91. The second kappa shape index (κ2) is 6.87. The summed E-state index contributed by atoms with van der Waals surface area (Å²) in [5, 5.41) is 4.92. The van der Waals surface area contributed by atoms with Crippen molar-refractivity contribution in [3.8, 4) is 0 Å². The molecule has 2 amide bonds. The number of carbonyl (C=O) groups is 2. The van der Waals surface area contributed by atoms with Crippen molar-refractivity contribution >= 4 is 17.5 Å². The zero-order valence-corrected chi connectivity index (χ0v) is 12.7. The van der Waals surface area contributed by atoms with Crippen molar-refractivity contribution in [3.63, 3.8) is 0 Å². The van der Waals surface area contributed by atoms with Gasteiger partial charge in [-0.2, -0.15) is 0 Å². The molecule has 0 unspecified atom stereocenters. The second-order valence-corrected chi connectivity index (χ2v) is 5.07. The first-order valence-electron chi connectivity index (χ1n) is 6.91. The number of nitrogens with zero attached hydrogens (tertiary/aromatic N) is 1. The molecule has 6 nitrogen and oxygen atoms in total. The molecule has 1 aromatic heterocycles. The van der Waals surface area contributed by atoms with Gasteiger partial charge in [0.1, 0.15) is 5.82 Å². The van der Waals surface area contributed by atoms with Gasteiger partial charge in [-0.25, -0.2) is 4.39 Å². The molecule has 2 aromatic rings. The van der Waals surface area contributed by atoms with E-state index in [-0.39, 0.29) is 11.4 Å². The summed E-state index contributed by atoms with van der Waals surface area (Å²) in [4.78, 5) is 35.0. The van der Waals surface area contributed by atoms with Crippen molar-refractivity contribution < 1.29 is 14.0 Å². The van der Waals surface area contributed by atoms with Gasteiger partial charge in [0.25, 0.3) is 0 Å². The van der Waals surface area contributed by atoms with Crippen molar-refractivity contribution in [2.24, 2.45) is 7.05 Å². The summed E-state index contributed by atoms with van der Waals surface area (Å²) in [6, 6.07) is 7.88. The van der Waals surface area contributed by atoms with Crippen molar-refractivity contribution in [2.75, 3.05) is 5.32 Å². The fourth-order valence-electron chi connectivity index (χ4n) is 1.95. The van der Waals surface area contributed by atoms with Crippen LogP contribution in [0.4, 0.5) is 10.1 Å². The van der Waals surface area contributed by atoms with Crippen LogP contribution in [-0.4, -0.2) is 16.4 Å². The number of benzene rings is 1. The average Bonchev–Trinajstić information content (AvgIpc) is 2.51. The molecule has 0 aliphatic heterocycles. The number of aromatic nitrogens is 1. The van der Waals surface area contributed by atoms with Crippen LogP contribution in [0.25, 0.3) is 0 Å². The van der Waals surface area contributed by atoms with Crippen LogP contribution in [0.2, 0.25) is 0 Å². The van der Waals surface area contributed by atoms with Crippen LogP contribution in [0.1, 0.15) is 18.5 Å². The SMILES string of the molecule is C[C@@H](NC(=O)C(=O)Nc1ccc(=O)n(C)c1)c1ccc(F)cc1. The Hall–Kier alpha value is -2.96. The quantitative estimate of drug-likeness (QED) is 0.838. The van der Waals surface area contributed by atoms with Gasteiger partial charge in [0.05, 0.1) is 11.7 Å². The van der Waals surface area contributed by atoms with Crippen LogP contribution in [0, 0.1) is 5.82 Å². The Kier molecular flexibility index (Phi) is 4.90. The monoisotopic (exact) mass is 317 g/mol. The number of pyridine rings is 1. The molecule has 0 radical (unpaired) electrons. The molecule has 1 heterocycles. The van der Waals surface area contributed by atoms with E-state index < -0.39 is 17.9 Å². The van der Waals surface area contributed by atoms with Crippen molar-refractivity contribution in [1.29, 1.82) is 0 Å². The third kappa shape index (κ3) is 4.26. The molecule has 2 rings (SSSR count). The summed E-state index contributed by atoms with van der Waals surface area (Å²) in [5.41, 5.74) is 0.786. The number of aryl methyl sites for hydroxylation is 1. The van der Waals surface area contributed by atoms with Gasteiger partial charge < -0.3 is 15.2 Å². The predicted molar refractivity (Wildman–Crippen MR) is 83.3 cm³/mol. The third-order valence-corrected chi connectivity index (χ3v) is 3.27. The lowest BCUT2D eigenvalue weighted by Gasteiger charge is -2.14. The Bertz CT molecular complexity index is 784. The number of nitrogens with one attached hydrogen (secondary N) is 2. The smallest absolute Gasteiger partial charge is 0.313 e. The van der Waals surface area contributed by atoms with Crippen LogP contribution in [0.5, 0.6) is 0 Å². The van der Waals surface area contributed by atoms with Crippen molar-refractivity contribution in [2.45, 2.75) is 13.0 Å². The van der Waals surface area contributed by atoms with Gasteiger partial charge in [0.15, 0.2) is 0 Å². The van der Waals surface area contributed by atoms with E-state index in [1.54, 1.807) is 6.92 Å². The molecular weight excluding hydrogens is 301 g/mol. The minimum Gasteiger partial charge on any atom is -0.341 e. The summed E-state index contributed by atoms with van der Waals surface area (Å²) in [7, 11) is 1.54. The van der Waals surface area contributed by atoms with E-state index in [0.717, 1.165) is 0 Å². The molecule has 0 saturated heterocycles. The number of halogens is 1. The number of hydrogen-bond acceptors (Lipinski definition) is 3. The summed E-state index contributed by atoms with van der Waals surface area (Å²) < 4.78 is 14.2. The molecular formula is C16H16FN3O3. The number of hydrogen-bond donors (Lipinski definition) is 2. The van der Waals surface area contributed by atoms with E-state index in [0.29, 0.717) is 11.3 Å². The first kappa shape index (κ1) is 16.4. The Morgan fingerprint density at radius 1 is 1.09 bits per heavy atom. The normalized spacial score (nSPS) is 11.6. The van der Waals surface area contributed by atoms with Gasteiger partial charge in [-0.05, 0) is 30.7 Å². The zero-order chi connectivity index (χ0) is 17.0. The summed E-state index contributed by atoms with van der Waals surface area (Å²) in [6.07, 6.45) is 1.41. The Balaban J connectivity index is 1.99. The zero-order valence-electron chi connectivity index (χ0n) is 12.7. The summed E-state index contributed by atoms with van der Waals surface area (Å²) in [5.74, 6) is -2.05. The minimum absolute atomic E-state index is 0.225. The lowest BCUT2D eigenvalue weighted by molar-refractivity contribution is -0.136. The number of carbonyl (C=O) groups excluding carboxylic acids is 2. The van der Waals surface area contributed by atoms with Crippen LogP contribution in [0.15, 0.2) is 47.4 Å². The number of amides is 2. The number of anilines is 1. The highest BCUT2D eigenvalue weighted by atomic mass is 19.1. The molecule has 0 spiro atoms. The molecule has 7 heteroatoms. The average molecular weight is 317 g/mol. The van der Waals surface area contributed by atoms with Crippen LogP contribution in [-0.2, 0) is 16.6 Å². The molecule has 0 aliphatic carbocycles. The number of rotatable bonds is 3. The molecule has 120 valence electrons. The summed E-state index contributed by atoms with van der Waals surface area (Å²) >= 11 is 0. The van der Waals surface area contributed by atoms with E-state index in [1.807, 2.05) is 0 Å². The second-order valence-electron chi connectivity index (χ2n) is 5.07. The third-order valence-electron chi connectivity index (χ3n) is 3.27. The van der Waals surface area contributed by atoms with E-state index in [2.05, 4.69) is 10.6 Å². The van der Waals surface area contributed by atoms with Crippen LogP contribution >= 0.6 is 0 Å². The lowest BCUT2D eigenvalue weighted by Crippen LogP contribution is -2.37. The fraction of sp³-hybridized carbons (Fsp3) is 0.188. The largest absolute Gasteiger partial charge is 0.341 e. The maximum Gasteiger partial charge on any atom is 0.313 e. The van der Waals surface area contributed by atoms with Gasteiger partial charge in [-0.15, -0.1) is 0 Å². The lowest BCUT2D eigenvalue weighted by atomic mass is 10.1. The van der Waals surface area contributed by atoms with E-state index in [9.17, 15) is 18.8 Å². The van der Waals surface area contributed by atoms with Gasteiger partial charge in [-0.3, -0.25) is 14.4 Å². The predicted octanol–water partition coefficient (Wildman–Crippen LogP) is 1.34. The Labute approximate surface area is 131 Å². The van der Waals surface area contributed by atoms with Gasteiger partial charge in [-0.1, -0.05) is 12.1 Å². The Morgan fingerprint density at radius 2 is 1.74 bits per heavy atom. The molecule has 2 N–H and O–H groups in total. The fourth-order valence-corrected chi connectivity index (χ4v) is 1.95. The van der Waals surface area contributed by atoms with Gasteiger partial charge in [0.2, 0.25) is 5.56 Å². The molecule has 0 bridgehead atoms. The maximum atomic E-state index is 12.9. The van der Waals surface area contributed by atoms with Crippen LogP contribution in [0.3, 0.4) is 0 Å². The van der Waals surface area contributed by atoms with Crippen molar-refractivity contribution in [3.05, 3.63) is 64.3 Å². The highest BCUT2D eigenvalue weighted by Crippen LogP contribution is 2.12. The standard InChI is InChI=1S/C16H16FN3O3/c1-10(11-3-5-12(17)6-4-11)18-15(22)16(23)19-13-7-8-14(21)20(2)9-13/h3-10H,1-2H3,(H,18,22)(H,19,23)/t10-/m1/s1. The van der Waals surface area contributed by atoms with E-state index in [4.69, 9.17) is 0 Å². The Morgan fingerprint density at radius 3 is 2.35 bits per heavy atom. The molecule has 1 aromatic carbocycles. The van der Waals surface area contributed by atoms with Gasteiger partial charge in [0, 0.05) is 19.3 Å². The van der Waals surface area contributed by atoms with Crippen molar-refractivity contribution in [1.82, 2.24) is 9.88 Å². The topological polar surface area (TPSA) is 80.2 Å². The molecule has 23 heavy (non-hydrogen) atoms. The van der Waals surface area contributed by atoms with Gasteiger partial charge >= 0.3 is 11.8 Å².